The Balaban J connectivity index is 0.000000396. The van der Waals surface area contributed by atoms with Crippen LogP contribution in [-0.2, 0) is 71.7 Å². The summed E-state index contributed by atoms with van der Waals surface area (Å²) in [5, 5.41) is 55.8. The largest absolute Gasteiger partial charge is 0.481 e. The minimum absolute atomic E-state index is 0.0336. The monoisotopic (exact) mass is 664 g/mol. The van der Waals surface area contributed by atoms with Gasteiger partial charge in [0.2, 0.25) is 5.79 Å². The Labute approximate surface area is 255 Å². The van der Waals surface area contributed by atoms with Gasteiger partial charge < -0.3 is 49.6 Å². The average Bonchev–Trinajstić information content (AvgIpc) is 3.13. The van der Waals surface area contributed by atoms with E-state index in [2.05, 4.69) is 18.9 Å². The Bertz CT molecular complexity index is 1260. The van der Waals surface area contributed by atoms with Crippen molar-refractivity contribution < 1.29 is 102 Å². The molecule has 1 saturated carbocycles. The molecule has 1 aliphatic carbocycles. The second kappa shape index (κ2) is 15.3. The van der Waals surface area contributed by atoms with Gasteiger partial charge in [0.1, 0.15) is 11.6 Å². The highest BCUT2D eigenvalue weighted by Gasteiger charge is 2.51. The molecule has 2 aliphatic heterocycles. The molecule has 3 aliphatic rings. The number of hydrogen-bond donors (Lipinski definition) is 6. The standard InChI is InChI=1S/C12H12O12.C7H8O5.C6H8O4/c13-5(14)1-11(21)3-7(17)23-8(18)4-12(22,2-6(15)16)10(20)24-9(11)19;8-4-12-7(11)2-5(9)1-6(10)3-7;1-2-6(9)3-4(7)10-5(6)8/h21-22H,1-4H2,(H,13,14)(H,15,16);4,11H,1-3H2;9H,2-3H2,1H3. The number of aliphatic hydroxyl groups is 4. The van der Waals surface area contributed by atoms with Crippen LogP contribution in [0.1, 0.15) is 64.7 Å². The molecule has 6 N–H and O–H groups in total. The highest BCUT2D eigenvalue weighted by Crippen LogP contribution is 2.27. The lowest BCUT2D eigenvalue weighted by Crippen LogP contribution is -2.52. The van der Waals surface area contributed by atoms with Crippen LogP contribution < -0.4 is 0 Å². The lowest BCUT2D eigenvalue weighted by Gasteiger charge is -2.28. The summed E-state index contributed by atoms with van der Waals surface area (Å²) in [5.41, 5.74) is -7.66. The number of Topliss-reactive ketones (excluding diaryl/α,β-unsaturated/α-hetero) is 2. The van der Waals surface area contributed by atoms with Gasteiger partial charge in [-0.15, -0.1) is 0 Å². The van der Waals surface area contributed by atoms with Crippen molar-refractivity contribution in [2.24, 2.45) is 0 Å². The van der Waals surface area contributed by atoms with E-state index in [0.717, 1.165) is 0 Å². The minimum Gasteiger partial charge on any atom is -0.481 e. The van der Waals surface area contributed by atoms with E-state index in [-0.39, 0.29) is 38.6 Å². The number of aliphatic carboxylic acids is 2. The van der Waals surface area contributed by atoms with Crippen molar-refractivity contribution in [1.29, 1.82) is 0 Å². The van der Waals surface area contributed by atoms with Gasteiger partial charge in [-0.2, -0.15) is 0 Å². The van der Waals surface area contributed by atoms with Gasteiger partial charge in [-0.3, -0.25) is 38.4 Å². The summed E-state index contributed by atoms with van der Waals surface area (Å²) < 4.78 is 16.6. The van der Waals surface area contributed by atoms with Crippen LogP contribution in [0.2, 0.25) is 0 Å². The predicted molar refractivity (Wildman–Crippen MR) is 133 cm³/mol. The van der Waals surface area contributed by atoms with Crippen LogP contribution in [0.4, 0.5) is 0 Å². The molecule has 0 aromatic heterocycles. The summed E-state index contributed by atoms with van der Waals surface area (Å²) in [5.74, 6) is -14.6. The van der Waals surface area contributed by atoms with Crippen molar-refractivity contribution in [2.75, 3.05) is 0 Å². The zero-order valence-electron chi connectivity index (χ0n) is 23.7. The van der Waals surface area contributed by atoms with Gasteiger partial charge in [0, 0.05) is 0 Å². The lowest BCUT2D eigenvalue weighted by molar-refractivity contribution is -0.205. The first-order chi connectivity index (χ1) is 21.0. The van der Waals surface area contributed by atoms with Crippen molar-refractivity contribution >= 4 is 65.8 Å². The molecule has 3 fully saturated rings. The highest BCUT2D eigenvalue weighted by molar-refractivity contribution is 6.03. The minimum atomic E-state index is -3.06. The fourth-order valence-electron chi connectivity index (χ4n) is 3.88. The van der Waals surface area contributed by atoms with E-state index in [1.165, 1.54) is 0 Å². The molecule has 0 aromatic carbocycles. The van der Waals surface area contributed by atoms with E-state index in [4.69, 9.17) is 10.2 Å². The van der Waals surface area contributed by atoms with Crippen molar-refractivity contribution in [3.05, 3.63) is 0 Å². The Morgan fingerprint density at radius 2 is 1.02 bits per heavy atom. The van der Waals surface area contributed by atoms with Gasteiger partial charge in [0.05, 0.1) is 51.4 Å². The van der Waals surface area contributed by atoms with E-state index in [0.29, 0.717) is 0 Å². The molecular formula is C25H28O21. The lowest BCUT2D eigenvalue weighted by atomic mass is 9.92. The number of rotatable bonds is 7. The number of ether oxygens (including phenoxy) is 4. The molecule has 0 amide bonds. The SMILES string of the molecule is CCC1(O)CC(=O)OC1=O.O=C(O)CC1(O)CC(=O)OC(=O)CC(O)(CC(=O)O)C(=O)OC1=O.O=COC1(O)CC(=O)CC(=O)C1. The van der Waals surface area contributed by atoms with E-state index in [1.807, 2.05) is 0 Å². The van der Waals surface area contributed by atoms with Crippen molar-refractivity contribution in [3.63, 3.8) is 0 Å². The molecule has 0 radical (unpaired) electrons. The Morgan fingerprint density at radius 3 is 1.33 bits per heavy atom. The van der Waals surface area contributed by atoms with Crippen LogP contribution in [0, 0.1) is 0 Å². The molecular weight excluding hydrogens is 636 g/mol. The van der Waals surface area contributed by atoms with Crippen molar-refractivity contribution in [1.82, 2.24) is 0 Å². The zero-order chi connectivity index (χ0) is 35.7. The summed E-state index contributed by atoms with van der Waals surface area (Å²) >= 11 is 0. The predicted octanol–water partition coefficient (Wildman–Crippen LogP) is -3.90. The molecule has 3 rings (SSSR count). The van der Waals surface area contributed by atoms with Gasteiger partial charge in [-0.05, 0) is 6.42 Å². The fraction of sp³-hybridized carbons (Fsp3) is 0.560. The van der Waals surface area contributed by atoms with Crippen LogP contribution in [0.3, 0.4) is 0 Å². The number of hydrogen-bond acceptors (Lipinski definition) is 19. The van der Waals surface area contributed by atoms with Gasteiger partial charge in [0.25, 0.3) is 6.47 Å². The molecule has 0 spiro atoms. The number of carbonyl (C=O) groups excluding carboxylic acids is 9. The summed E-state index contributed by atoms with van der Waals surface area (Å²) in [4.78, 5) is 120. The summed E-state index contributed by atoms with van der Waals surface area (Å²) in [6.07, 6.45) is -6.12. The second-order valence-corrected chi connectivity index (χ2v) is 10.2. The third-order valence-corrected chi connectivity index (χ3v) is 6.15. The smallest absolute Gasteiger partial charge is 0.347 e. The fourth-order valence-corrected chi connectivity index (χ4v) is 3.88. The molecule has 21 nitrogen and oxygen atoms in total. The first-order valence-electron chi connectivity index (χ1n) is 12.8. The molecule has 21 heteroatoms. The van der Waals surface area contributed by atoms with Crippen LogP contribution in [0.5, 0.6) is 0 Å². The maximum absolute atomic E-state index is 11.8. The van der Waals surface area contributed by atoms with E-state index < -0.39 is 108 Å². The van der Waals surface area contributed by atoms with Crippen LogP contribution in [-0.4, -0.2) is 119 Å². The highest BCUT2D eigenvalue weighted by atomic mass is 16.6. The summed E-state index contributed by atoms with van der Waals surface area (Å²) in [7, 11) is 0. The maximum Gasteiger partial charge on any atom is 0.347 e. The average molecular weight is 664 g/mol. The van der Waals surface area contributed by atoms with Gasteiger partial charge in [-0.25, -0.2) is 14.4 Å². The Morgan fingerprint density at radius 1 is 0.652 bits per heavy atom. The Hall–Kier alpha value is -4.99. The number of carboxylic acid groups (broad SMARTS) is 2. The summed E-state index contributed by atoms with van der Waals surface area (Å²) in [6.45, 7) is 1.66. The second-order valence-electron chi connectivity index (χ2n) is 10.2. The maximum atomic E-state index is 11.8. The van der Waals surface area contributed by atoms with E-state index in [9.17, 15) is 73.2 Å². The third-order valence-electron chi connectivity index (χ3n) is 6.15. The van der Waals surface area contributed by atoms with Crippen LogP contribution >= 0.6 is 0 Å². The summed E-state index contributed by atoms with van der Waals surface area (Å²) in [6, 6.07) is 0. The molecule has 3 atom stereocenters. The van der Waals surface area contributed by atoms with Crippen molar-refractivity contribution in [3.8, 4) is 0 Å². The van der Waals surface area contributed by atoms with Gasteiger partial charge in [0.15, 0.2) is 16.8 Å². The molecule has 0 bridgehead atoms. The van der Waals surface area contributed by atoms with Gasteiger partial charge >= 0.3 is 47.8 Å². The quantitative estimate of drug-likeness (QED) is 0.0498. The molecule has 254 valence electrons. The topological polar surface area (TPSA) is 346 Å². The first kappa shape index (κ1) is 39.0. The number of cyclic esters (lactones) is 6. The normalized spacial score (nSPS) is 27.8. The Kier molecular flexibility index (Phi) is 13.0. The molecule has 46 heavy (non-hydrogen) atoms. The van der Waals surface area contributed by atoms with E-state index in [1.54, 1.807) is 6.92 Å². The van der Waals surface area contributed by atoms with Crippen molar-refractivity contribution in [2.45, 2.75) is 87.3 Å². The van der Waals surface area contributed by atoms with Crippen LogP contribution in [0.15, 0.2) is 0 Å². The first-order valence-corrected chi connectivity index (χ1v) is 12.8. The van der Waals surface area contributed by atoms with Gasteiger partial charge in [-0.1, -0.05) is 6.92 Å². The molecule has 2 saturated heterocycles. The molecule has 0 aromatic rings. The van der Waals surface area contributed by atoms with E-state index >= 15 is 0 Å². The molecule has 2 heterocycles. The number of carbonyl (C=O) groups is 11. The number of ketones is 2. The number of carboxylic acids is 2. The third kappa shape index (κ3) is 11.2. The number of esters is 6. The van der Waals surface area contributed by atoms with Crippen LogP contribution in [0.25, 0.3) is 0 Å². The zero-order valence-corrected chi connectivity index (χ0v) is 23.7. The molecule has 3 unspecified atom stereocenters.